The minimum Gasteiger partial charge on any atom is -0.478 e. The molecule has 1 amide bonds. The molecule has 0 saturated heterocycles. The lowest BCUT2D eigenvalue weighted by Crippen LogP contribution is -2.36. The molecule has 0 spiro atoms. The van der Waals surface area contributed by atoms with Crippen molar-refractivity contribution in [2.45, 2.75) is 19.4 Å². The smallest absolute Gasteiger partial charge is 0.265 e. The number of amides is 1. The van der Waals surface area contributed by atoms with Crippen LogP contribution in [0.25, 0.3) is 0 Å². The molecule has 1 aliphatic rings. The monoisotopic (exact) mass is 211 g/mol. The maximum Gasteiger partial charge on any atom is 0.265 e. The Morgan fingerprint density at radius 3 is 3.07 bits per heavy atom. The lowest BCUT2D eigenvalue weighted by molar-refractivity contribution is -0.123. The highest BCUT2D eigenvalue weighted by Crippen LogP contribution is 2.32. The van der Waals surface area contributed by atoms with Gasteiger partial charge >= 0.3 is 0 Å². The molecule has 1 heterocycles. The molecule has 1 aliphatic heterocycles. The predicted octanol–water partition coefficient (Wildman–Crippen LogP) is 2.45. The molecule has 4 heteroatoms. The zero-order chi connectivity index (χ0) is 10.1. The third-order valence-corrected chi connectivity index (χ3v) is 2.37. The van der Waals surface area contributed by atoms with Crippen LogP contribution in [0.4, 0.5) is 5.69 Å². The molecule has 1 aromatic rings. The number of nitrogens with one attached hydrogen (secondary N) is 1. The van der Waals surface area contributed by atoms with Crippen molar-refractivity contribution in [3.8, 4) is 5.75 Å². The summed E-state index contributed by atoms with van der Waals surface area (Å²) in [6, 6.07) is 5.16. The molecule has 74 valence electrons. The summed E-state index contributed by atoms with van der Waals surface area (Å²) >= 11 is 5.81. The minimum absolute atomic E-state index is 0.0951. The highest BCUT2D eigenvalue weighted by molar-refractivity contribution is 6.30. The van der Waals surface area contributed by atoms with Crippen molar-refractivity contribution >= 4 is 23.2 Å². The Bertz CT molecular complexity index is 378. The number of carbonyl (C=O) groups excluding carboxylic acids is 1. The largest absolute Gasteiger partial charge is 0.478 e. The topological polar surface area (TPSA) is 38.3 Å². The third kappa shape index (κ3) is 1.55. The van der Waals surface area contributed by atoms with Gasteiger partial charge in [0.2, 0.25) is 0 Å². The van der Waals surface area contributed by atoms with E-state index in [1.807, 2.05) is 6.92 Å². The first-order valence-electron chi connectivity index (χ1n) is 4.47. The van der Waals surface area contributed by atoms with Gasteiger partial charge in [-0.1, -0.05) is 18.5 Å². The van der Waals surface area contributed by atoms with Crippen molar-refractivity contribution in [2.24, 2.45) is 0 Å². The van der Waals surface area contributed by atoms with E-state index in [0.717, 1.165) is 0 Å². The zero-order valence-corrected chi connectivity index (χ0v) is 8.47. The summed E-state index contributed by atoms with van der Waals surface area (Å²) in [4.78, 5) is 11.4. The van der Waals surface area contributed by atoms with E-state index in [0.29, 0.717) is 22.9 Å². The maximum absolute atomic E-state index is 11.4. The highest BCUT2D eigenvalue weighted by atomic mass is 35.5. The fourth-order valence-electron chi connectivity index (χ4n) is 1.39. The molecule has 1 atom stereocenters. The summed E-state index contributed by atoms with van der Waals surface area (Å²) in [6.45, 7) is 1.90. The Hall–Kier alpha value is -1.22. The number of halogens is 1. The summed E-state index contributed by atoms with van der Waals surface area (Å²) < 4.78 is 5.48. The Morgan fingerprint density at radius 1 is 1.57 bits per heavy atom. The summed E-state index contributed by atoms with van der Waals surface area (Å²) in [5.74, 6) is 0.547. The van der Waals surface area contributed by atoms with Gasteiger partial charge < -0.3 is 10.1 Å². The summed E-state index contributed by atoms with van der Waals surface area (Å²) in [6.07, 6.45) is 0.249. The first-order chi connectivity index (χ1) is 6.70. The molecule has 0 bridgehead atoms. The van der Waals surface area contributed by atoms with Crippen molar-refractivity contribution in [3.05, 3.63) is 23.2 Å². The second kappa shape index (κ2) is 3.50. The van der Waals surface area contributed by atoms with Crippen LogP contribution in [0.1, 0.15) is 13.3 Å². The molecular weight excluding hydrogens is 202 g/mol. The van der Waals surface area contributed by atoms with E-state index in [9.17, 15) is 4.79 Å². The zero-order valence-electron chi connectivity index (χ0n) is 7.71. The van der Waals surface area contributed by atoms with Crippen LogP contribution in [0, 0.1) is 0 Å². The molecule has 14 heavy (non-hydrogen) atoms. The maximum atomic E-state index is 11.4. The SMILES string of the molecule is CCC1Oc2cc(Cl)ccc2NC1=O. The number of fused-ring (bicyclic) bond motifs is 1. The van der Waals surface area contributed by atoms with Gasteiger partial charge in [-0.3, -0.25) is 4.79 Å². The fraction of sp³-hybridized carbons (Fsp3) is 0.300. The number of rotatable bonds is 1. The molecule has 0 aromatic heterocycles. The number of hydrogen-bond donors (Lipinski definition) is 1. The Kier molecular flexibility index (Phi) is 2.33. The average molecular weight is 212 g/mol. The molecule has 2 rings (SSSR count). The van der Waals surface area contributed by atoms with Crippen LogP contribution in [-0.2, 0) is 4.79 Å². The van der Waals surface area contributed by atoms with Gasteiger partial charge in [0, 0.05) is 11.1 Å². The van der Waals surface area contributed by atoms with Gasteiger partial charge in [-0.05, 0) is 18.6 Å². The van der Waals surface area contributed by atoms with E-state index in [4.69, 9.17) is 16.3 Å². The van der Waals surface area contributed by atoms with Gasteiger partial charge in [0.15, 0.2) is 6.10 Å². The minimum atomic E-state index is -0.402. The van der Waals surface area contributed by atoms with Gasteiger partial charge in [-0.2, -0.15) is 0 Å². The summed E-state index contributed by atoms with van der Waals surface area (Å²) in [5, 5.41) is 3.37. The quantitative estimate of drug-likeness (QED) is 0.775. The molecule has 1 N–H and O–H groups in total. The van der Waals surface area contributed by atoms with Crippen molar-refractivity contribution in [1.82, 2.24) is 0 Å². The molecule has 0 saturated carbocycles. The predicted molar refractivity (Wildman–Crippen MR) is 54.8 cm³/mol. The first kappa shape index (κ1) is 9.34. The Morgan fingerprint density at radius 2 is 2.36 bits per heavy atom. The van der Waals surface area contributed by atoms with Gasteiger partial charge in [-0.25, -0.2) is 0 Å². The average Bonchev–Trinajstić information content (AvgIpc) is 2.17. The van der Waals surface area contributed by atoms with Crippen LogP contribution in [0.5, 0.6) is 5.75 Å². The Balaban J connectivity index is 2.36. The summed E-state index contributed by atoms with van der Waals surface area (Å²) in [5.41, 5.74) is 0.684. The number of benzene rings is 1. The first-order valence-corrected chi connectivity index (χ1v) is 4.85. The summed E-state index contributed by atoms with van der Waals surface area (Å²) in [7, 11) is 0. The van der Waals surface area contributed by atoms with E-state index >= 15 is 0 Å². The van der Waals surface area contributed by atoms with Crippen LogP contribution in [0.15, 0.2) is 18.2 Å². The van der Waals surface area contributed by atoms with Gasteiger partial charge in [0.1, 0.15) is 5.75 Å². The van der Waals surface area contributed by atoms with Crippen LogP contribution in [0.2, 0.25) is 5.02 Å². The van der Waals surface area contributed by atoms with E-state index in [-0.39, 0.29) is 5.91 Å². The fourth-order valence-corrected chi connectivity index (χ4v) is 1.55. The molecule has 0 radical (unpaired) electrons. The van der Waals surface area contributed by atoms with Gasteiger partial charge in [0.25, 0.3) is 5.91 Å². The molecule has 1 aromatic carbocycles. The van der Waals surface area contributed by atoms with Gasteiger partial charge in [-0.15, -0.1) is 0 Å². The second-order valence-electron chi connectivity index (χ2n) is 3.14. The van der Waals surface area contributed by atoms with Crippen molar-refractivity contribution < 1.29 is 9.53 Å². The van der Waals surface area contributed by atoms with Crippen molar-refractivity contribution in [3.63, 3.8) is 0 Å². The number of anilines is 1. The van der Waals surface area contributed by atoms with Crippen LogP contribution >= 0.6 is 11.6 Å². The third-order valence-electron chi connectivity index (χ3n) is 2.13. The molecule has 3 nitrogen and oxygen atoms in total. The standard InChI is InChI=1S/C10H10ClNO2/c1-2-8-10(13)12-7-4-3-6(11)5-9(7)14-8/h3-5,8H,2H2,1H3,(H,12,13). The lowest BCUT2D eigenvalue weighted by atomic mass is 10.2. The number of hydrogen-bond acceptors (Lipinski definition) is 2. The molecular formula is C10H10ClNO2. The van der Waals surface area contributed by atoms with Crippen molar-refractivity contribution in [1.29, 1.82) is 0 Å². The van der Waals surface area contributed by atoms with E-state index in [2.05, 4.69) is 5.32 Å². The lowest BCUT2D eigenvalue weighted by Gasteiger charge is -2.24. The normalized spacial score (nSPS) is 19.6. The molecule has 0 aliphatic carbocycles. The van der Waals surface area contributed by atoms with E-state index in [1.165, 1.54) is 0 Å². The van der Waals surface area contributed by atoms with Crippen molar-refractivity contribution in [2.75, 3.05) is 5.32 Å². The van der Waals surface area contributed by atoms with Crippen LogP contribution < -0.4 is 10.1 Å². The van der Waals surface area contributed by atoms with E-state index in [1.54, 1.807) is 18.2 Å². The number of ether oxygens (including phenoxy) is 1. The highest BCUT2D eigenvalue weighted by Gasteiger charge is 2.25. The van der Waals surface area contributed by atoms with E-state index < -0.39 is 6.10 Å². The molecule has 1 unspecified atom stereocenters. The van der Waals surface area contributed by atoms with Crippen LogP contribution in [0.3, 0.4) is 0 Å². The Labute approximate surface area is 87.0 Å². The van der Waals surface area contributed by atoms with Gasteiger partial charge in [0.05, 0.1) is 5.69 Å². The second-order valence-corrected chi connectivity index (χ2v) is 3.58. The van der Waals surface area contributed by atoms with Crippen LogP contribution in [-0.4, -0.2) is 12.0 Å². The molecule has 0 fully saturated rings. The number of carbonyl (C=O) groups is 1.